The third-order valence-corrected chi connectivity index (χ3v) is 13.2. The second kappa shape index (κ2) is 42.8. The van der Waals surface area contributed by atoms with E-state index in [9.17, 15) is 58.2 Å². The zero-order valence-electron chi connectivity index (χ0n) is 42.9. The molecule has 10 atom stereocenters. The minimum absolute atomic E-state index is 0. The minimum Gasteiger partial charge on any atom is -0.756 e. The average molecular weight is 1070 g/mol. The molecule has 0 aromatic rings. The fourth-order valence-electron chi connectivity index (χ4n) is 7.50. The van der Waals surface area contributed by atoms with Crippen molar-refractivity contribution < 1.29 is 90.6 Å². The maximum Gasteiger partial charge on any atom is 0.306 e. The number of phosphoric ester groups is 3. The number of ether oxygens (including phenoxy) is 2. The number of allylic oxidation sites excluding steroid dienone is 4. The maximum atomic E-state index is 13.0. The normalized spacial score (nSPS) is 22.2. The largest absolute Gasteiger partial charge is 0.756 e. The van der Waals surface area contributed by atoms with Gasteiger partial charge in [0.1, 0.15) is 43.2 Å². The summed E-state index contributed by atoms with van der Waals surface area (Å²) < 4.78 is 64.4. The van der Waals surface area contributed by atoms with E-state index >= 15 is 0 Å². The molecule has 0 saturated heterocycles. The summed E-state index contributed by atoms with van der Waals surface area (Å²) in [5, 5.41) is 31.7. The van der Waals surface area contributed by atoms with Crippen molar-refractivity contribution in [2.45, 2.75) is 236 Å². The van der Waals surface area contributed by atoms with Crippen molar-refractivity contribution in [2.24, 2.45) is 0 Å². The lowest BCUT2D eigenvalue weighted by atomic mass is 9.85. The predicted octanol–water partition coefficient (Wildman–Crippen LogP) is 8.30. The molecule has 22 nitrogen and oxygen atoms in total. The van der Waals surface area contributed by atoms with Crippen LogP contribution in [0.4, 0.5) is 0 Å². The summed E-state index contributed by atoms with van der Waals surface area (Å²) >= 11 is 0. The van der Waals surface area contributed by atoms with Crippen molar-refractivity contribution in [1.29, 1.82) is 0 Å². The van der Waals surface area contributed by atoms with E-state index in [1.54, 1.807) is 0 Å². The van der Waals surface area contributed by atoms with Gasteiger partial charge in [0.25, 0.3) is 23.5 Å². The third kappa shape index (κ3) is 38.1. The van der Waals surface area contributed by atoms with Crippen LogP contribution in [0.3, 0.4) is 0 Å². The molecule has 0 heterocycles. The molecule has 0 bridgehead atoms. The molecular formula is C45H94N3O19P3. The van der Waals surface area contributed by atoms with Crippen LogP contribution in [0, 0.1) is 0 Å². The standard InChI is InChI=1S/C45H85O19P3.3H3N/c1-3-5-7-9-11-13-15-17-19-21-23-25-27-29-31-33-38(46)59-35-37(61-39(47)34-32-30-28-26-24-22-20-18-16-14-12-10-8-6-4-2)36-60-67(57,58)64-43-40(48)41(49)44(62-65(51,52)53)45(42(43)50)63-66(54,55)56;;;/h17-20,37,40-45,48-50H,3-16,21-36H2,1-2H3,(H,57,58)(H2,51,52,53)(H2,54,55,56);3*1H3/b19-17-,20-18-;;;/t37-,40?,41+,42?,43-,44?,45?;;;/m1.../s1. The van der Waals surface area contributed by atoms with Gasteiger partial charge in [0.15, 0.2) is 6.10 Å². The average Bonchev–Trinajstić information content (AvgIpc) is 3.25. The van der Waals surface area contributed by atoms with E-state index in [0.29, 0.717) is 12.8 Å². The summed E-state index contributed by atoms with van der Waals surface area (Å²) in [6, 6.07) is 0. The molecule has 0 spiro atoms. The Bertz CT molecular complexity index is 1520. The first-order valence-electron chi connectivity index (χ1n) is 24.6. The van der Waals surface area contributed by atoms with Gasteiger partial charge in [-0.15, -0.1) is 0 Å². The highest BCUT2D eigenvalue weighted by Gasteiger charge is 2.54. The van der Waals surface area contributed by atoms with Crippen molar-refractivity contribution in [1.82, 2.24) is 18.5 Å². The highest BCUT2D eigenvalue weighted by Crippen LogP contribution is 2.48. The highest BCUT2D eigenvalue weighted by atomic mass is 31.2. The van der Waals surface area contributed by atoms with Crippen LogP contribution in [0.2, 0.25) is 0 Å². The lowest BCUT2D eigenvalue weighted by Gasteiger charge is -2.47. The molecule has 7 unspecified atom stereocenters. The summed E-state index contributed by atoms with van der Waals surface area (Å²) in [6.07, 6.45) is 19.5. The maximum absolute atomic E-state index is 13.0. The minimum atomic E-state index is -5.89. The van der Waals surface area contributed by atoms with Crippen LogP contribution in [0.5, 0.6) is 0 Å². The van der Waals surface area contributed by atoms with Crippen molar-refractivity contribution >= 4 is 35.4 Å². The molecule has 0 radical (unpaired) electrons. The molecule has 0 amide bonds. The molecule has 1 saturated carbocycles. The van der Waals surface area contributed by atoms with Gasteiger partial charge in [-0.3, -0.25) is 23.3 Å². The van der Waals surface area contributed by atoms with Crippen LogP contribution < -0.4 is 33.1 Å². The highest BCUT2D eigenvalue weighted by molar-refractivity contribution is 7.46. The number of aliphatic hydroxyl groups is 3. The van der Waals surface area contributed by atoms with Gasteiger partial charge in [0, 0.05) is 12.8 Å². The van der Waals surface area contributed by atoms with Crippen LogP contribution in [-0.2, 0) is 50.9 Å². The Balaban J connectivity index is -0.0000150. The Morgan fingerprint density at radius 3 is 1.23 bits per heavy atom. The molecule has 0 aliphatic heterocycles. The lowest BCUT2D eigenvalue weighted by molar-refractivity contribution is -0.280. The topological polar surface area (TPSA) is 421 Å². The number of unbranched alkanes of at least 4 members (excludes halogenated alkanes) is 22. The summed E-state index contributed by atoms with van der Waals surface area (Å²) in [4.78, 5) is 79.6. The molecule has 1 aliphatic rings. The number of rotatable bonds is 42. The Morgan fingerprint density at radius 1 is 0.486 bits per heavy atom. The number of carbonyl (C=O) groups is 2. The van der Waals surface area contributed by atoms with Crippen LogP contribution in [-0.4, -0.2) is 93.0 Å². The van der Waals surface area contributed by atoms with E-state index < -0.39 is 91.3 Å². The number of quaternary nitrogens is 3. The molecule has 1 aliphatic carbocycles. The Labute approximate surface area is 417 Å². The number of phosphoric acid groups is 3. The first kappa shape index (κ1) is 72.8. The van der Waals surface area contributed by atoms with Crippen molar-refractivity contribution in [3.05, 3.63) is 24.3 Å². The quantitative estimate of drug-likeness (QED) is 0.0123. The van der Waals surface area contributed by atoms with Gasteiger partial charge in [-0.25, -0.2) is 0 Å². The Kier molecular flexibility index (Phi) is 44.5. The summed E-state index contributed by atoms with van der Waals surface area (Å²) in [6.45, 7) is 2.80. The zero-order chi connectivity index (χ0) is 50.0. The van der Waals surface area contributed by atoms with E-state index in [1.165, 1.54) is 77.0 Å². The molecule has 0 aromatic carbocycles. The monoisotopic (exact) mass is 1070 g/mol. The van der Waals surface area contributed by atoms with Gasteiger partial charge in [0.2, 0.25) is 0 Å². The van der Waals surface area contributed by atoms with Gasteiger partial charge >= 0.3 is 11.9 Å². The molecule has 70 heavy (non-hydrogen) atoms. The molecule has 1 rings (SSSR count). The van der Waals surface area contributed by atoms with Crippen molar-refractivity contribution in [3.8, 4) is 0 Å². The van der Waals surface area contributed by atoms with Crippen molar-refractivity contribution in [2.75, 3.05) is 13.2 Å². The number of carbonyl (C=O) groups excluding carboxylic acids is 2. The van der Waals surface area contributed by atoms with Crippen LogP contribution >= 0.6 is 23.5 Å². The molecule has 17 N–H and O–H groups in total. The first-order chi connectivity index (χ1) is 31.8. The van der Waals surface area contributed by atoms with E-state index in [2.05, 4.69) is 47.2 Å². The van der Waals surface area contributed by atoms with Gasteiger partial charge in [-0.2, -0.15) is 0 Å². The second-order valence-electron chi connectivity index (χ2n) is 17.3. The number of hydrogen-bond acceptors (Lipinski definition) is 17. The van der Waals surface area contributed by atoms with Gasteiger partial charge < -0.3 is 85.8 Å². The van der Waals surface area contributed by atoms with Crippen LogP contribution in [0.1, 0.15) is 194 Å². The Hall–Kier alpha value is -1.49. The molecule has 418 valence electrons. The SMILES string of the molecule is CCCCCCCC/C=C\CCCCCCCC(=O)OC[C@H](COP(=O)([O-])O[C@H]1C(O)C(OP(=O)([O-])O)C(OP(=O)([O-])O)[C@@H](O)C1O)OC(=O)CCCCCCC/C=C\CCCCCCCC.[NH4+].[NH4+].[NH4+]. The van der Waals surface area contributed by atoms with Gasteiger partial charge in [-0.05, 0) is 64.2 Å². The fourth-order valence-corrected chi connectivity index (χ4v) is 9.56. The molecule has 1 fully saturated rings. The third-order valence-electron chi connectivity index (χ3n) is 11.2. The molecular weight excluding hydrogens is 979 g/mol. The summed E-state index contributed by atoms with van der Waals surface area (Å²) in [7, 11) is -17.5. The van der Waals surface area contributed by atoms with E-state index in [1.807, 2.05) is 0 Å². The van der Waals surface area contributed by atoms with Crippen molar-refractivity contribution in [3.63, 3.8) is 0 Å². The number of aliphatic hydroxyl groups excluding tert-OH is 3. The molecule has 0 aromatic heterocycles. The van der Waals surface area contributed by atoms with Gasteiger partial charge in [0.05, 0.1) is 6.61 Å². The second-order valence-corrected chi connectivity index (χ2v) is 21.0. The fraction of sp³-hybridized carbons (Fsp3) is 0.867. The van der Waals surface area contributed by atoms with E-state index in [-0.39, 0.29) is 31.3 Å². The smallest absolute Gasteiger partial charge is 0.306 e. The first-order valence-corrected chi connectivity index (χ1v) is 29.0. The lowest BCUT2D eigenvalue weighted by Crippen LogP contribution is -2.65. The summed E-state index contributed by atoms with van der Waals surface area (Å²) in [5.41, 5.74) is 0. The number of hydrogen-bond donors (Lipinski definition) is 8. The number of esters is 2. The summed E-state index contributed by atoms with van der Waals surface area (Å²) in [5.74, 6) is -1.37. The zero-order valence-corrected chi connectivity index (χ0v) is 45.5. The Morgan fingerprint density at radius 2 is 0.829 bits per heavy atom. The molecule has 25 heteroatoms. The van der Waals surface area contributed by atoms with E-state index in [4.69, 9.17) is 23.4 Å². The van der Waals surface area contributed by atoms with E-state index in [0.717, 1.165) is 77.0 Å². The predicted molar refractivity (Wildman–Crippen MR) is 264 cm³/mol. The van der Waals surface area contributed by atoms with Crippen LogP contribution in [0.15, 0.2) is 24.3 Å². The van der Waals surface area contributed by atoms with Gasteiger partial charge in [-0.1, -0.05) is 141 Å². The van der Waals surface area contributed by atoms with Crippen LogP contribution in [0.25, 0.3) is 0 Å².